The molecule has 0 aromatic heterocycles. The van der Waals surface area contributed by atoms with Gasteiger partial charge in [-0.1, -0.05) is 24.3 Å². The van der Waals surface area contributed by atoms with Gasteiger partial charge in [-0.2, -0.15) is 0 Å². The summed E-state index contributed by atoms with van der Waals surface area (Å²) in [6, 6.07) is 12.9. The third-order valence-electron chi connectivity index (χ3n) is 5.16. The maximum Gasteiger partial charge on any atom is 0.256 e. The monoisotopic (exact) mass is 398 g/mol. The number of fused-ring (bicyclic) bond motifs is 3. The molecule has 28 heavy (non-hydrogen) atoms. The van der Waals surface area contributed by atoms with E-state index in [0.29, 0.717) is 35.8 Å². The lowest BCUT2D eigenvalue weighted by molar-refractivity contribution is -0.124. The predicted octanol–water partition coefficient (Wildman–Crippen LogP) is 2.63. The molecule has 1 saturated heterocycles. The van der Waals surface area contributed by atoms with Crippen LogP contribution in [0, 0.1) is 0 Å². The van der Waals surface area contributed by atoms with E-state index in [1.54, 1.807) is 30.9 Å². The third kappa shape index (κ3) is 3.20. The molecule has 1 N–H and O–H groups in total. The first-order valence-electron chi connectivity index (χ1n) is 9.16. The van der Waals surface area contributed by atoms with Gasteiger partial charge < -0.3 is 19.7 Å². The van der Waals surface area contributed by atoms with Gasteiger partial charge in [0.05, 0.1) is 14.2 Å². The molecular formula is C21H22N2O4S. The molecule has 2 aromatic carbocycles. The first kappa shape index (κ1) is 18.7. The number of benzene rings is 2. The van der Waals surface area contributed by atoms with Crippen molar-refractivity contribution in [3.63, 3.8) is 0 Å². The van der Waals surface area contributed by atoms with Crippen molar-refractivity contribution in [1.82, 2.24) is 10.2 Å². The number of carbonyl (C=O) groups is 2. The van der Waals surface area contributed by atoms with E-state index in [1.807, 2.05) is 42.5 Å². The Balaban J connectivity index is 1.37. The second-order valence-electron chi connectivity index (χ2n) is 6.73. The Morgan fingerprint density at radius 1 is 1.18 bits per heavy atom. The summed E-state index contributed by atoms with van der Waals surface area (Å²) in [7, 11) is 3.20. The van der Waals surface area contributed by atoms with Crippen molar-refractivity contribution < 1.29 is 19.1 Å². The van der Waals surface area contributed by atoms with E-state index in [4.69, 9.17) is 9.47 Å². The number of rotatable bonds is 6. The standard InChI is InChI=1S/C21H22N2O4S/c1-26-17-8-7-13(11-18(17)27-2)9-10-22-19(24)16-12-28-21-15-6-4-3-5-14(15)20(25)23(16)21/h3-8,11,16,21H,9-10,12H2,1-2H3,(H,22,24)/t16-,21-/m1/s1. The maximum atomic E-state index is 12.7. The molecule has 2 atom stereocenters. The normalized spacial score (nSPS) is 19.9. The van der Waals surface area contributed by atoms with E-state index in [9.17, 15) is 9.59 Å². The topological polar surface area (TPSA) is 67.9 Å². The average molecular weight is 398 g/mol. The number of amides is 2. The number of carbonyl (C=O) groups excluding carboxylic acids is 2. The Morgan fingerprint density at radius 2 is 1.96 bits per heavy atom. The molecule has 0 unspecified atom stereocenters. The predicted molar refractivity (Wildman–Crippen MR) is 108 cm³/mol. The van der Waals surface area contributed by atoms with Crippen LogP contribution >= 0.6 is 11.8 Å². The summed E-state index contributed by atoms with van der Waals surface area (Å²) in [6.07, 6.45) is 0.670. The third-order valence-corrected chi connectivity index (χ3v) is 6.46. The van der Waals surface area contributed by atoms with E-state index in [0.717, 1.165) is 11.1 Å². The fraction of sp³-hybridized carbons (Fsp3) is 0.333. The van der Waals surface area contributed by atoms with Crippen molar-refractivity contribution in [3.05, 3.63) is 59.2 Å². The highest BCUT2D eigenvalue weighted by molar-refractivity contribution is 7.99. The van der Waals surface area contributed by atoms with Crippen molar-refractivity contribution in [2.75, 3.05) is 26.5 Å². The number of nitrogens with zero attached hydrogens (tertiary/aromatic N) is 1. The fourth-order valence-electron chi connectivity index (χ4n) is 3.73. The van der Waals surface area contributed by atoms with Gasteiger partial charge in [0, 0.05) is 17.9 Å². The SMILES string of the molecule is COc1ccc(CCNC(=O)[C@H]2CS[C@@H]3c4ccccc4C(=O)N23)cc1OC. The molecule has 4 rings (SSSR count). The molecule has 0 radical (unpaired) electrons. The smallest absolute Gasteiger partial charge is 0.256 e. The van der Waals surface area contributed by atoms with Crippen LogP contribution in [0.3, 0.4) is 0 Å². The zero-order valence-electron chi connectivity index (χ0n) is 15.8. The van der Waals surface area contributed by atoms with Crippen LogP contribution in [0.5, 0.6) is 11.5 Å². The first-order valence-corrected chi connectivity index (χ1v) is 10.2. The second-order valence-corrected chi connectivity index (χ2v) is 7.84. The van der Waals surface area contributed by atoms with Crippen LogP contribution in [-0.2, 0) is 11.2 Å². The molecule has 0 spiro atoms. The quantitative estimate of drug-likeness (QED) is 0.810. The largest absolute Gasteiger partial charge is 0.493 e. The zero-order valence-corrected chi connectivity index (χ0v) is 16.6. The molecule has 7 heteroatoms. The minimum Gasteiger partial charge on any atom is -0.493 e. The summed E-state index contributed by atoms with van der Waals surface area (Å²) in [4.78, 5) is 27.2. The highest BCUT2D eigenvalue weighted by atomic mass is 32.2. The molecule has 0 aliphatic carbocycles. The van der Waals surface area contributed by atoms with Gasteiger partial charge >= 0.3 is 0 Å². The minimum atomic E-state index is -0.430. The van der Waals surface area contributed by atoms with Gasteiger partial charge in [-0.05, 0) is 35.7 Å². The molecule has 146 valence electrons. The maximum absolute atomic E-state index is 12.7. The number of hydrogen-bond donors (Lipinski definition) is 1. The highest BCUT2D eigenvalue weighted by Crippen LogP contribution is 2.48. The molecule has 2 heterocycles. The van der Waals surface area contributed by atoms with Gasteiger partial charge in [0.25, 0.3) is 5.91 Å². The molecular weight excluding hydrogens is 376 g/mol. The van der Waals surface area contributed by atoms with Gasteiger partial charge in [-0.15, -0.1) is 11.8 Å². The average Bonchev–Trinajstić information content (AvgIpc) is 3.28. The zero-order chi connectivity index (χ0) is 19.7. The van der Waals surface area contributed by atoms with Crippen molar-refractivity contribution >= 4 is 23.6 Å². The van der Waals surface area contributed by atoms with Gasteiger partial charge in [-0.3, -0.25) is 9.59 Å². The Labute approximate surface area is 168 Å². The minimum absolute atomic E-state index is 0.0503. The Kier molecular flexibility index (Phi) is 5.17. The van der Waals surface area contributed by atoms with E-state index in [1.165, 1.54) is 0 Å². The van der Waals surface area contributed by atoms with Crippen molar-refractivity contribution in [2.45, 2.75) is 17.8 Å². The number of nitrogens with one attached hydrogen (secondary N) is 1. The number of thioether (sulfide) groups is 1. The number of ether oxygens (including phenoxy) is 2. The van der Waals surface area contributed by atoms with E-state index in [-0.39, 0.29) is 17.2 Å². The molecule has 2 aromatic rings. The lowest BCUT2D eigenvalue weighted by atomic mass is 10.1. The van der Waals surface area contributed by atoms with Crippen molar-refractivity contribution in [2.24, 2.45) is 0 Å². The van der Waals surface area contributed by atoms with Gasteiger partial charge in [-0.25, -0.2) is 0 Å². The Bertz CT molecular complexity index is 917. The van der Waals surface area contributed by atoms with Crippen LogP contribution in [0.2, 0.25) is 0 Å². The van der Waals surface area contributed by atoms with Crippen LogP contribution in [0.15, 0.2) is 42.5 Å². The molecule has 0 bridgehead atoms. The summed E-state index contributed by atoms with van der Waals surface area (Å²) < 4.78 is 10.6. The van der Waals surface area contributed by atoms with E-state index < -0.39 is 6.04 Å². The van der Waals surface area contributed by atoms with Gasteiger partial charge in [0.2, 0.25) is 5.91 Å². The molecule has 2 aliphatic heterocycles. The summed E-state index contributed by atoms with van der Waals surface area (Å²) in [5, 5.41) is 2.93. The number of hydrogen-bond acceptors (Lipinski definition) is 5. The summed E-state index contributed by atoms with van der Waals surface area (Å²) >= 11 is 1.65. The van der Waals surface area contributed by atoms with Crippen LogP contribution < -0.4 is 14.8 Å². The van der Waals surface area contributed by atoms with E-state index in [2.05, 4.69) is 5.32 Å². The Hall–Kier alpha value is -2.67. The lowest BCUT2D eigenvalue weighted by Crippen LogP contribution is -2.46. The lowest BCUT2D eigenvalue weighted by Gasteiger charge is -2.22. The second kappa shape index (κ2) is 7.75. The van der Waals surface area contributed by atoms with Crippen molar-refractivity contribution in [1.29, 1.82) is 0 Å². The number of methoxy groups -OCH3 is 2. The van der Waals surface area contributed by atoms with Crippen LogP contribution in [0.1, 0.15) is 26.9 Å². The molecule has 2 aliphatic rings. The highest BCUT2D eigenvalue weighted by Gasteiger charge is 2.48. The van der Waals surface area contributed by atoms with E-state index >= 15 is 0 Å². The summed E-state index contributed by atoms with van der Waals surface area (Å²) in [5.74, 6) is 1.81. The summed E-state index contributed by atoms with van der Waals surface area (Å²) in [5.41, 5.74) is 2.77. The first-order chi connectivity index (χ1) is 13.6. The van der Waals surface area contributed by atoms with Gasteiger partial charge in [0.1, 0.15) is 11.4 Å². The van der Waals surface area contributed by atoms with Crippen LogP contribution in [0.25, 0.3) is 0 Å². The fourth-order valence-corrected chi connectivity index (χ4v) is 5.19. The molecule has 0 saturated carbocycles. The molecule has 6 nitrogen and oxygen atoms in total. The summed E-state index contributed by atoms with van der Waals surface area (Å²) in [6.45, 7) is 0.495. The molecule has 2 amide bonds. The van der Waals surface area contributed by atoms with Crippen molar-refractivity contribution in [3.8, 4) is 11.5 Å². The van der Waals surface area contributed by atoms with Crippen LogP contribution in [-0.4, -0.2) is 49.3 Å². The van der Waals surface area contributed by atoms with Gasteiger partial charge in [0.15, 0.2) is 11.5 Å². The Morgan fingerprint density at radius 3 is 2.75 bits per heavy atom. The molecule has 1 fully saturated rings. The van der Waals surface area contributed by atoms with Crippen LogP contribution in [0.4, 0.5) is 0 Å².